The molecule has 1 saturated heterocycles. The van der Waals surface area contributed by atoms with Gasteiger partial charge in [0.05, 0.1) is 5.02 Å². The predicted octanol–water partition coefficient (Wildman–Crippen LogP) is 4.10. The first-order chi connectivity index (χ1) is 9.16. The van der Waals surface area contributed by atoms with E-state index in [1.54, 1.807) is 0 Å². The van der Waals surface area contributed by atoms with Crippen LogP contribution < -0.4 is 0 Å². The third-order valence-corrected chi connectivity index (χ3v) is 4.11. The maximum atomic E-state index is 12.2. The number of aryl methyl sites for hydroxylation is 1. The average molecular weight is 280 g/mol. The maximum absolute atomic E-state index is 12.2. The van der Waals surface area contributed by atoms with Gasteiger partial charge in [0.25, 0.3) is 0 Å². The van der Waals surface area contributed by atoms with Gasteiger partial charge in [-0.15, -0.1) is 0 Å². The Morgan fingerprint density at radius 1 is 1.21 bits per heavy atom. The first-order valence-corrected chi connectivity index (χ1v) is 7.56. The normalized spacial score (nSPS) is 17.2. The number of nitrogens with zero attached hydrogens (tertiary/aromatic N) is 1. The Morgan fingerprint density at radius 3 is 2.58 bits per heavy atom. The molecule has 1 fully saturated rings. The summed E-state index contributed by atoms with van der Waals surface area (Å²) in [6.07, 6.45) is 5.75. The predicted molar refractivity (Wildman–Crippen MR) is 80.0 cm³/mol. The first kappa shape index (κ1) is 14.5. The molecule has 19 heavy (non-hydrogen) atoms. The van der Waals surface area contributed by atoms with E-state index in [4.69, 9.17) is 11.6 Å². The summed E-state index contributed by atoms with van der Waals surface area (Å²) in [5.41, 5.74) is 1.76. The molecular formula is C16H22ClNO. The van der Waals surface area contributed by atoms with Gasteiger partial charge in [0.1, 0.15) is 0 Å². The van der Waals surface area contributed by atoms with Crippen molar-refractivity contribution in [2.75, 3.05) is 19.6 Å². The van der Waals surface area contributed by atoms with Crippen LogP contribution in [0.1, 0.15) is 48.0 Å². The third kappa shape index (κ3) is 4.32. The molecule has 0 unspecified atom stereocenters. The number of hydrogen-bond donors (Lipinski definition) is 0. The molecule has 0 saturated carbocycles. The smallest absolute Gasteiger partial charge is 0.165 e. The Bertz CT molecular complexity index is 436. The number of halogens is 1. The number of likely N-dealkylation sites (tertiary alicyclic amines) is 1. The van der Waals surface area contributed by atoms with E-state index < -0.39 is 0 Å². The summed E-state index contributed by atoms with van der Waals surface area (Å²) in [6.45, 7) is 5.12. The van der Waals surface area contributed by atoms with Gasteiger partial charge in [0.2, 0.25) is 0 Å². The van der Waals surface area contributed by atoms with Crippen molar-refractivity contribution in [1.29, 1.82) is 0 Å². The second-order valence-corrected chi connectivity index (χ2v) is 5.82. The van der Waals surface area contributed by atoms with Crippen molar-refractivity contribution in [1.82, 2.24) is 4.90 Å². The lowest BCUT2D eigenvalue weighted by atomic mass is 10.1. The SMILES string of the molecule is Cc1ccc(Cl)c(C(=O)CCN2CCCCCC2)c1. The molecule has 0 aliphatic carbocycles. The van der Waals surface area contributed by atoms with E-state index in [0.717, 1.165) is 25.2 Å². The van der Waals surface area contributed by atoms with Crippen LogP contribution in [0, 0.1) is 6.92 Å². The first-order valence-electron chi connectivity index (χ1n) is 7.18. The summed E-state index contributed by atoms with van der Waals surface area (Å²) < 4.78 is 0. The van der Waals surface area contributed by atoms with E-state index >= 15 is 0 Å². The lowest BCUT2D eigenvalue weighted by Crippen LogP contribution is -2.27. The zero-order chi connectivity index (χ0) is 13.7. The quantitative estimate of drug-likeness (QED) is 0.774. The van der Waals surface area contributed by atoms with Crippen LogP contribution in [0.5, 0.6) is 0 Å². The fourth-order valence-electron chi connectivity index (χ4n) is 2.61. The van der Waals surface area contributed by atoms with Gasteiger partial charge < -0.3 is 4.90 Å². The van der Waals surface area contributed by atoms with Crippen molar-refractivity contribution in [3.8, 4) is 0 Å². The largest absolute Gasteiger partial charge is 0.303 e. The molecule has 0 aromatic heterocycles. The Morgan fingerprint density at radius 2 is 1.89 bits per heavy atom. The van der Waals surface area contributed by atoms with Crippen LogP contribution >= 0.6 is 11.6 Å². The highest BCUT2D eigenvalue weighted by atomic mass is 35.5. The molecule has 104 valence electrons. The molecular weight excluding hydrogens is 258 g/mol. The third-order valence-electron chi connectivity index (χ3n) is 3.78. The number of hydrogen-bond acceptors (Lipinski definition) is 2. The zero-order valence-corrected chi connectivity index (χ0v) is 12.4. The molecule has 1 aliphatic heterocycles. The molecule has 0 N–H and O–H groups in total. The number of ketones is 1. The Hall–Kier alpha value is -0.860. The molecule has 2 nitrogen and oxygen atoms in total. The van der Waals surface area contributed by atoms with E-state index in [-0.39, 0.29) is 5.78 Å². The molecule has 0 bridgehead atoms. The minimum atomic E-state index is 0.165. The second kappa shape index (κ2) is 7.06. The summed E-state index contributed by atoms with van der Waals surface area (Å²) in [7, 11) is 0. The minimum Gasteiger partial charge on any atom is -0.303 e. The lowest BCUT2D eigenvalue weighted by Gasteiger charge is -2.19. The molecule has 1 aromatic carbocycles. The van der Waals surface area contributed by atoms with Crippen molar-refractivity contribution < 1.29 is 4.79 Å². The van der Waals surface area contributed by atoms with Crippen molar-refractivity contribution in [2.24, 2.45) is 0 Å². The molecule has 0 spiro atoms. The van der Waals surface area contributed by atoms with Crippen molar-refractivity contribution >= 4 is 17.4 Å². The van der Waals surface area contributed by atoms with Gasteiger partial charge in [-0.05, 0) is 45.0 Å². The second-order valence-electron chi connectivity index (χ2n) is 5.41. The number of carbonyl (C=O) groups is 1. The standard InChI is InChI=1S/C16H22ClNO/c1-13-6-7-15(17)14(12-13)16(19)8-11-18-9-4-2-3-5-10-18/h6-7,12H,2-5,8-11H2,1H3. The number of Topliss-reactive ketones (excluding diaryl/α,β-unsaturated/α-hetero) is 1. The average Bonchev–Trinajstić information content (AvgIpc) is 2.67. The van der Waals surface area contributed by atoms with Crippen LogP contribution in [-0.4, -0.2) is 30.3 Å². The lowest BCUT2D eigenvalue weighted by molar-refractivity contribution is 0.0965. The molecule has 1 aliphatic rings. The highest BCUT2D eigenvalue weighted by Crippen LogP contribution is 2.19. The fraction of sp³-hybridized carbons (Fsp3) is 0.562. The number of rotatable bonds is 4. The highest BCUT2D eigenvalue weighted by Gasteiger charge is 2.14. The van der Waals surface area contributed by atoms with Gasteiger partial charge in [-0.3, -0.25) is 4.79 Å². The van der Waals surface area contributed by atoms with Crippen LogP contribution in [-0.2, 0) is 0 Å². The molecule has 0 amide bonds. The summed E-state index contributed by atoms with van der Waals surface area (Å²) in [5, 5.41) is 0.575. The van der Waals surface area contributed by atoms with E-state index in [9.17, 15) is 4.79 Å². The Kier molecular flexibility index (Phi) is 5.41. The molecule has 1 aromatic rings. The van der Waals surface area contributed by atoms with Gasteiger partial charge >= 0.3 is 0 Å². The van der Waals surface area contributed by atoms with Crippen LogP contribution in [0.25, 0.3) is 0 Å². The van der Waals surface area contributed by atoms with Gasteiger partial charge in [0, 0.05) is 18.5 Å². The van der Waals surface area contributed by atoms with Gasteiger partial charge in [0.15, 0.2) is 5.78 Å². The molecule has 3 heteroatoms. The van der Waals surface area contributed by atoms with Crippen molar-refractivity contribution in [2.45, 2.75) is 39.0 Å². The fourth-order valence-corrected chi connectivity index (χ4v) is 2.83. The summed E-state index contributed by atoms with van der Waals surface area (Å²) >= 11 is 6.10. The van der Waals surface area contributed by atoms with E-state index in [1.807, 2.05) is 25.1 Å². The van der Waals surface area contributed by atoms with E-state index in [0.29, 0.717) is 17.0 Å². The topological polar surface area (TPSA) is 20.3 Å². The number of benzene rings is 1. The maximum Gasteiger partial charge on any atom is 0.165 e. The minimum absolute atomic E-state index is 0.165. The number of carbonyl (C=O) groups excluding carboxylic acids is 1. The van der Waals surface area contributed by atoms with E-state index in [1.165, 1.54) is 25.7 Å². The molecule has 0 atom stereocenters. The molecule has 2 rings (SSSR count). The van der Waals surface area contributed by atoms with Crippen LogP contribution in [0.3, 0.4) is 0 Å². The van der Waals surface area contributed by atoms with Gasteiger partial charge in [-0.25, -0.2) is 0 Å². The Balaban J connectivity index is 1.91. The van der Waals surface area contributed by atoms with Crippen LogP contribution in [0.4, 0.5) is 0 Å². The van der Waals surface area contributed by atoms with E-state index in [2.05, 4.69) is 4.90 Å². The Labute approximate surface area is 120 Å². The van der Waals surface area contributed by atoms with Crippen LogP contribution in [0.2, 0.25) is 5.02 Å². The van der Waals surface area contributed by atoms with Crippen molar-refractivity contribution in [3.63, 3.8) is 0 Å². The van der Waals surface area contributed by atoms with Crippen molar-refractivity contribution in [3.05, 3.63) is 34.3 Å². The summed E-state index contributed by atoms with van der Waals surface area (Å²) in [4.78, 5) is 14.6. The zero-order valence-electron chi connectivity index (χ0n) is 11.6. The van der Waals surface area contributed by atoms with Gasteiger partial charge in [-0.1, -0.05) is 36.1 Å². The monoisotopic (exact) mass is 279 g/mol. The molecule has 1 heterocycles. The van der Waals surface area contributed by atoms with Crippen LogP contribution in [0.15, 0.2) is 18.2 Å². The summed E-state index contributed by atoms with van der Waals surface area (Å²) in [6, 6.07) is 5.65. The molecule has 0 radical (unpaired) electrons. The van der Waals surface area contributed by atoms with Gasteiger partial charge in [-0.2, -0.15) is 0 Å². The summed E-state index contributed by atoms with van der Waals surface area (Å²) in [5.74, 6) is 0.165. The highest BCUT2D eigenvalue weighted by molar-refractivity contribution is 6.34.